The molecule has 0 bridgehead atoms. The van der Waals surface area contributed by atoms with Crippen LogP contribution in [0.1, 0.15) is 37.4 Å². The molecule has 1 aliphatic heterocycles. The van der Waals surface area contributed by atoms with Gasteiger partial charge in [-0.15, -0.1) is 0 Å². The second-order valence-electron chi connectivity index (χ2n) is 8.36. The van der Waals surface area contributed by atoms with Crippen LogP contribution in [0.15, 0.2) is 63.1 Å². The minimum absolute atomic E-state index is 0.133. The maximum Gasteiger partial charge on any atom is 0.242 e. The van der Waals surface area contributed by atoms with E-state index in [1.54, 1.807) is 30.1 Å². The summed E-state index contributed by atoms with van der Waals surface area (Å²) in [7, 11) is 4.20. The van der Waals surface area contributed by atoms with Gasteiger partial charge < -0.3 is 0 Å². The molecule has 2 aromatic rings. The van der Waals surface area contributed by atoms with Gasteiger partial charge in [0.05, 0.1) is 10.6 Å². The van der Waals surface area contributed by atoms with Gasteiger partial charge in [-0.05, 0) is 62.0 Å². The van der Waals surface area contributed by atoms with Crippen LogP contribution in [0.2, 0.25) is 0 Å². The highest BCUT2D eigenvalue weighted by Crippen LogP contribution is 2.31. The topological polar surface area (TPSA) is 79.6 Å². The molecule has 4 rings (SSSR count). The van der Waals surface area contributed by atoms with E-state index < -0.39 is 10.0 Å². The Morgan fingerprint density at radius 2 is 2.06 bits per heavy atom. The van der Waals surface area contributed by atoms with Crippen molar-refractivity contribution in [3.63, 3.8) is 0 Å². The number of hydrogen-bond acceptors (Lipinski definition) is 5. The zero-order valence-electron chi connectivity index (χ0n) is 18.8. The van der Waals surface area contributed by atoms with Gasteiger partial charge in [0.2, 0.25) is 10.0 Å². The molecule has 33 heavy (non-hydrogen) atoms. The Hall–Kier alpha value is -2.20. The first-order valence-electron chi connectivity index (χ1n) is 11.0. The lowest BCUT2D eigenvalue weighted by molar-refractivity contribution is 0.365. The van der Waals surface area contributed by atoms with Crippen molar-refractivity contribution in [2.75, 3.05) is 20.1 Å². The fraction of sp³-hybridized carbons (Fsp3) is 0.391. The number of benzene rings is 1. The minimum Gasteiger partial charge on any atom is -0.295 e. The summed E-state index contributed by atoms with van der Waals surface area (Å²) in [5.74, 6) is 0.624. The summed E-state index contributed by atoms with van der Waals surface area (Å²) in [6.45, 7) is 2.94. The number of rotatable bonds is 8. The number of fused-ring (bicyclic) bond motifs is 1. The van der Waals surface area contributed by atoms with Gasteiger partial charge in [-0.3, -0.25) is 5.32 Å². The summed E-state index contributed by atoms with van der Waals surface area (Å²) in [5, 5.41) is 8.59. The van der Waals surface area contributed by atoms with Crippen LogP contribution in [-0.4, -0.2) is 56.2 Å². The third kappa shape index (κ3) is 5.16. The average molecular weight is 484 g/mol. The molecular formula is C23H27BClN5O2S. The van der Waals surface area contributed by atoms with Crippen molar-refractivity contribution in [2.45, 2.75) is 43.7 Å². The van der Waals surface area contributed by atoms with Crippen LogP contribution in [-0.2, 0) is 10.0 Å². The van der Waals surface area contributed by atoms with Gasteiger partial charge in [0.25, 0.3) is 0 Å². The number of nitrogens with zero attached hydrogens (tertiary/aromatic N) is 4. The molecule has 0 saturated heterocycles. The summed E-state index contributed by atoms with van der Waals surface area (Å²) in [6, 6.07) is 6.90. The van der Waals surface area contributed by atoms with Crippen molar-refractivity contribution in [1.29, 1.82) is 0 Å². The van der Waals surface area contributed by atoms with Gasteiger partial charge in [0, 0.05) is 31.2 Å². The summed E-state index contributed by atoms with van der Waals surface area (Å²) >= 11 is 6.44. The molecule has 1 N–H and O–H groups in total. The van der Waals surface area contributed by atoms with Gasteiger partial charge >= 0.3 is 0 Å². The van der Waals surface area contributed by atoms with Crippen molar-refractivity contribution in [2.24, 2.45) is 4.99 Å². The molecule has 0 amide bonds. The Morgan fingerprint density at radius 3 is 2.79 bits per heavy atom. The van der Waals surface area contributed by atoms with E-state index in [4.69, 9.17) is 24.4 Å². The van der Waals surface area contributed by atoms with E-state index in [1.807, 2.05) is 25.1 Å². The van der Waals surface area contributed by atoms with Crippen LogP contribution in [0.5, 0.6) is 0 Å². The number of hydrogen-bond donors (Lipinski definition) is 1. The van der Waals surface area contributed by atoms with Crippen molar-refractivity contribution in [3.05, 3.63) is 58.8 Å². The first-order chi connectivity index (χ1) is 15.8. The van der Waals surface area contributed by atoms with Gasteiger partial charge in [-0.25, -0.2) is 22.4 Å². The Morgan fingerprint density at radius 1 is 1.30 bits per heavy atom. The summed E-state index contributed by atoms with van der Waals surface area (Å²) in [6.07, 6.45) is 8.50. The van der Waals surface area contributed by atoms with Crippen molar-refractivity contribution in [1.82, 2.24) is 19.4 Å². The van der Waals surface area contributed by atoms with E-state index >= 15 is 0 Å². The fourth-order valence-electron chi connectivity index (χ4n) is 4.00. The average Bonchev–Trinajstić information content (AvgIpc) is 3.18. The maximum absolute atomic E-state index is 12.8. The molecule has 1 aromatic carbocycles. The third-order valence-electron chi connectivity index (χ3n) is 5.94. The van der Waals surface area contributed by atoms with Crippen molar-refractivity contribution >= 4 is 46.5 Å². The molecular weight excluding hydrogens is 457 g/mol. The Bertz CT molecular complexity index is 1220. The molecule has 1 atom stereocenters. The highest BCUT2D eigenvalue weighted by Gasteiger charge is 2.27. The van der Waals surface area contributed by atoms with E-state index in [0.717, 1.165) is 29.7 Å². The number of halogens is 1. The van der Waals surface area contributed by atoms with Crippen molar-refractivity contribution in [3.8, 4) is 0 Å². The van der Waals surface area contributed by atoms with E-state index in [9.17, 15) is 8.42 Å². The Labute approximate surface area is 201 Å². The predicted molar refractivity (Wildman–Crippen MR) is 133 cm³/mol. The summed E-state index contributed by atoms with van der Waals surface area (Å²) in [5.41, 5.74) is 3.50. The molecule has 2 radical (unpaired) electrons. The zero-order chi connectivity index (χ0) is 23.6. The second kappa shape index (κ2) is 9.97. The molecule has 7 nitrogen and oxygen atoms in total. The van der Waals surface area contributed by atoms with Crippen LogP contribution in [0.3, 0.4) is 0 Å². The first-order valence-corrected chi connectivity index (χ1v) is 12.8. The van der Waals surface area contributed by atoms with Crippen LogP contribution in [0.4, 0.5) is 5.82 Å². The van der Waals surface area contributed by atoms with Gasteiger partial charge in [-0.2, -0.15) is 5.10 Å². The summed E-state index contributed by atoms with van der Waals surface area (Å²) in [4.78, 5) is 5.05. The lowest BCUT2D eigenvalue weighted by Crippen LogP contribution is -2.35. The van der Waals surface area contributed by atoms with E-state index in [-0.39, 0.29) is 6.17 Å². The monoisotopic (exact) mass is 483 g/mol. The predicted octanol–water partition coefficient (Wildman–Crippen LogP) is 3.10. The SMILES string of the molecule is [B]c1cnn2c1N=C(C1=C(Cl)C=CCC1)CC2NCCCN(C)S(=O)(=O)c1ccc(C)cc1. The van der Waals surface area contributed by atoms with Crippen LogP contribution in [0, 0.1) is 6.92 Å². The Balaban J connectivity index is 1.40. The molecule has 0 spiro atoms. The van der Waals surface area contributed by atoms with Crippen LogP contribution >= 0.6 is 11.6 Å². The van der Waals surface area contributed by atoms with Crippen molar-refractivity contribution < 1.29 is 8.42 Å². The maximum atomic E-state index is 12.8. The number of aromatic nitrogens is 2. The molecule has 1 unspecified atom stereocenters. The standard InChI is InChI=1S/C23H27BClN5O2S/c1-16-8-10-17(11-9-16)33(31,32)29(2)13-5-12-26-22-14-21(18-6-3-4-7-20(18)25)28-23-19(24)15-27-30(22)23/h4,7-11,15,22,26H,3,5-6,12-14H2,1-2H3. The molecule has 2 heterocycles. The fourth-order valence-corrected chi connectivity index (χ4v) is 5.50. The molecule has 172 valence electrons. The summed E-state index contributed by atoms with van der Waals surface area (Å²) < 4.78 is 28.8. The lowest BCUT2D eigenvalue weighted by Gasteiger charge is -2.28. The molecule has 0 saturated carbocycles. The number of aliphatic imine (C=N–C) groups is 1. The minimum atomic E-state index is -3.51. The largest absolute Gasteiger partial charge is 0.295 e. The highest BCUT2D eigenvalue weighted by molar-refractivity contribution is 7.89. The number of nitrogens with one attached hydrogen (secondary N) is 1. The number of allylic oxidation sites excluding steroid dienone is 4. The van der Waals surface area contributed by atoms with Gasteiger partial charge in [0.1, 0.15) is 19.8 Å². The first kappa shape index (κ1) is 23.9. The van der Waals surface area contributed by atoms with E-state index in [1.165, 1.54) is 4.31 Å². The van der Waals surface area contributed by atoms with Gasteiger partial charge in [0.15, 0.2) is 0 Å². The molecule has 10 heteroatoms. The Kier molecular flexibility index (Phi) is 7.23. The van der Waals surface area contributed by atoms with E-state index in [2.05, 4.69) is 16.5 Å². The highest BCUT2D eigenvalue weighted by atomic mass is 35.5. The number of sulfonamides is 1. The number of aryl methyl sites for hydroxylation is 1. The molecule has 2 aliphatic rings. The molecule has 1 aliphatic carbocycles. The van der Waals surface area contributed by atoms with Gasteiger partial charge in [-0.1, -0.05) is 35.4 Å². The second-order valence-corrected chi connectivity index (χ2v) is 10.8. The van der Waals surface area contributed by atoms with Crippen LogP contribution < -0.4 is 10.8 Å². The van der Waals surface area contributed by atoms with E-state index in [0.29, 0.717) is 47.1 Å². The third-order valence-corrected chi connectivity index (χ3v) is 8.17. The zero-order valence-corrected chi connectivity index (χ0v) is 20.4. The quantitative estimate of drug-likeness (QED) is 0.462. The lowest BCUT2D eigenvalue weighted by atomic mass is 9.95. The molecule has 1 aromatic heterocycles. The normalized spacial score (nSPS) is 18.5. The molecule has 0 fully saturated rings. The van der Waals surface area contributed by atoms with Crippen LogP contribution in [0.25, 0.3) is 0 Å². The smallest absolute Gasteiger partial charge is 0.242 e.